The summed E-state index contributed by atoms with van der Waals surface area (Å²) in [4.78, 5) is 18.2. The lowest BCUT2D eigenvalue weighted by Gasteiger charge is -2.36. The molecule has 3 nitrogen and oxygen atoms in total. The Labute approximate surface area is 120 Å². The number of nitrogens with one attached hydrogen (secondary N) is 1. The number of piperidine rings is 1. The Kier molecular flexibility index (Phi) is 3.77. The molecule has 1 fully saturated rings. The van der Waals surface area contributed by atoms with Crippen LogP contribution >= 0.6 is 0 Å². The number of likely N-dealkylation sites (tertiary alicyclic amines) is 1. The van der Waals surface area contributed by atoms with Crippen molar-refractivity contribution in [3.05, 3.63) is 36.0 Å². The maximum Gasteiger partial charge on any atom is 0.256 e. The quantitative estimate of drug-likeness (QED) is 0.900. The van der Waals surface area contributed by atoms with Crippen LogP contribution in [0.4, 0.5) is 0 Å². The third-order valence-electron chi connectivity index (χ3n) is 4.33. The molecule has 1 aromatic heterocycles. The van der Waals surface area contributed by atoms with Crippen LogP contribution in [0.3, 0.4) is 0 Å². The standard InChI is InChI=1S/C17H22N2O/c1-2-6-14-8-3-4-12-19(14)17(20)15-9-5-7-13-10-11-18-16(13)15/h5,7,9-11,14,18H,2-4,6,8,12H2,1H3. The van der Waals surface area contributed by atoms with Crippen LogP contribution in [-0.4, -0.2) is 28.4 Å². The molecule has 1 N–H and O–H groups in total. The van der Waals surface area contributed by atoms with Crippen LogP contribution < -0.4 is 0 Å². The molecule has 0 radical (unpaired) electrons. The Morgan fingerprint density at radius 2 is 2.25 bits per heavy atom. The van der Waals surface area contributed by atoms with Crippen molar-refractivity contribution in [3.8, 4) is 0 Å². The highest BCUT2D eigenvalue weighted by Gasteiger charge is 2.27. The molecule has 1 unspecified atom stereocenters. The van der Waals surface area contributed by atoms with Crippen LogP contribution in [0.5, 0.6) is 0 Å². The second-order valence-corrected chi connectivity index (χ2v) is 5.68. The third kappa shape index (κ3) is 2.33. The minimum atomic E-state index is 0.191. The van der Waals surface area contributed by atoms with Gasteiger partial charge in [-0.05, 0) is 37.8 Å². The number of benzene rings is 1. The van der Waals surface area contributed by atoms with Gasteiger partial charge in [-0.2, -0.15) is 0 Å². The summed E-state index contributed by atoms with van der Waals surface area (Å²) in [5.74, 6) is 0.191. The number of fused-ring (bicyclic) bond motifs is 1. The molecule has 20 heavy (non-hydrogen) atoms. The Morgan fingerprint density at radius 3 is 3.10 bits per heavy atom. The van der Waals surface area contributed by atoms with Gasteiger partial charge < -0.3 is 9.88 Å². The van der Waals surface area contributed by atoms with Crippen molar-refractivity contribution in [2.24, 2.45) is 0 Å². The van der Waals surface area contributed by atoms with Gasteiger partial charge in [0.1, 0.15) is 0 Å². The summed E-state index contributed by atoms with van der Waals surface area (Å²) in [6.07, 6.45) is 7.70. The van der Waals surface area contributed by atoms with Gasteiger partial charge in [-0.15, -0.1) is 0 Å². The summed E-state index contributed by atoms with van der Waals surface area (Å²) in [5, 5.41) is 1.11. The van der Waals surface area contributed by atoms with Gasteiger partial charge in [0.2, 0.25) is 0 Å². The number of hydrogen-bond acceptors (Lipinski definition) is 1. The fraction of sp³-hybridized carbons (Fsp3) is 0.471. The zero-order valence-corrected chi connectivity index (χ0v) is 12.1. The summed E-state index contributed by atoms with van der Waals surface area (Å²) >= 11 is 0. The Balaban J connectivity index is 1.92. The normalized spacial score (nSPS) is 19.4. The van der Waals surface area contributed by atoms with E-state index >= 15 is 0 Å². The van der Waals surface area contributed by atoms with Gasteiger partial charge in [0.05, 0.1) is 11.1 Å². The molecular formula is C17H22N2O. The molecule has 1 atom stereocenters. The topological polar surface area (TPSA) is 36.1 Å². The summed E-state index contributed by atoms with van der Waals surface area (Å²) in [6.45, 7) is 3.10. The highest BCUT2D eigenvalue weighted by molar-refractivity contribution is 6.05. The maximum atomic E-state index is 12.9. The average molecular weight is 270 g/mol. The number of para-hydroxylation sites is 1. The number of nitrogens with zero attached hydrogens (tertiary/aromatic N) is 1. The third-order valence-corrected chi connectivity index (χ3v) is 4.33. The minimum Gasteiger partial charge on any atom is -0.361 e. The van der Waals surface area contributed by atoms with Crippen molar-refractivity contribution in [1.82, 2.24) is 9.88 Å². The van der Waals surface area contributed by atoms with E-state index in [-0.39, 0.29) is 5.91 Å². The van der Waals surface area contributed by atoms with Gasteiger partial charge in [-0.3, -0.25) is 4.79 Å². The molecule has 3 rings (SSSR count). The predicted octanol–water partition coefficient (Wildman–Crippen LogP) is 3.96. The first-order valence-corrected chi connectivity index (χ1v) is 7.68. The van der Waals surface area contributed by atoms with E-state index in [1.165, 1.54) is 6.42 Å². The first-order valence-electron chi connectivity index (χ1n) is 7.68. The van der Waals surface area contributed by atoms with Gasteiger partial charge in [0, 0.05) is 24.2 Å². The Hall–Kier alpha value is -1.77. The Bertz CT molecular complexity index is 600. The number of aromatic nitrogens is 1. The molecule has 0 spiro atoms. The fourth-order valence-electron chi connectivity index (χ4n) is 3.32. The highest BCUT2D eigenvalue weighted by atomic mass is 16.2. The monoisotopic (exact) mass is 270 g/mol. The second-order valence-electron chi connectivity index (χ2n) is 5.68. The van der Waals surface area contributed by atoms with Crippen LogP contribution in [0.1, 0.15) is 49.4 Å². The molecule has 1 aromatic carbocycles. The van der Waals surface area contributed by atoms with E-state index in [2.05, 4.69) is 16.8 Å². The second kappa shape index (κ2) is 5.70. The van der Waals surface area contributed by atoms with E-state index in [9.17, 15) is 4.79 Å². The van der Waals surface area contributed by atoms with E-state index in [0.717, 1.165) is 48.7 Å². The SMILES string of the molecule is CCCC1CCCCN1C(=O)c1cccc2cc[nH]c12. The molecule has 1 aliphatic heterocycles. The lowest BCUT2D eigenvalue weighted by molar-refractivity contribution is 0.0602. The fourth-order valence-corrected chi connectivity index (χ4v) is 3.32. The van der Waals surface area contributed by atoms with Crippen molar-refractivity contribution in [2.75, 3.05) is 6.54 Å². The molecule has 0 aliphatic carbocycles. The smallest absolute Gasteiger partial charge is 0.256 e. The molecule has 0 saturated carbocycles. The van der Waals surface area contributed by atoms with Crippen molar-refractivity contribution in [3.63, 3.8) is 0 Å². The number of aromatic amines is 1. The molecule has 2 aromatic rings. The van der Waals surface area contributed by atoms with Crippen molar-refractivity contribution in [2.45, 2.75) is 45.1 Å². The lowest BCUT2D eigenvalue weighted by Crippen LogP contribution is -2.43. The van der Waals surface area contributed by atoms with Crippen LogP contribution in [0.15, 0.2) is 30.5 Å². The molecule has 3 heteroatoms. The summed E-state index contributed by atoms with van der Waals surface area (Å²) in [7, 11) is 0. The van der Waals surface area contributed by atoms with Gasteiger partial charge in [0.15, 0.2) is 0 Å². The van der Waals surface area contributed by atoms with E-state index in [0.29, 0.717) is 6.04 Å². The predicted molar refractivity (Wildman–Crippen MR) is 81.9 cm³/mol. The number of carbonyl (C=O) groups is 1. The Morgan fingerprint density at radius 1 is 1.35 bits per heavy atom. The largest absolute Gasteiger partial charge is 0.361 e. The molecule has 106 valence electrons. The van der Waals surface area contributed by atoms with Crippen molar-refractivity contribution in [1.29, 1.82) is 0 Å². The van der Waals surface area contributed by atoms with E-state index in [4.69, 9.17) is 0 Å². The average Bonchev–Trinajstić information content (AvgIpc) is 2.96. The molecule has 1 aliphatic rings. The summed E-state index contributed by atoms with van der Waals surface area (Å²) in [6, 6.07) is 8.40. The molecule has 2 heterocycles. The molecular weight excluding hydrogens is 248 g/mol. The minimum absolute atomic E-state index is 0.191. The van der Waals surface area contributed by atoms with E-state index < -0.39 is 0 Å². The lowest BCUT2D eigenvalue weighted by atomic mass is 9.97. The van der Waals surface area contributed by atoms with Crippen LogP contribution in [0.25, 0.3) is 10.9 Å². The van der Waals surface area contributed by atoms with Gasteiger partial charge in [-0.25, -0.2) is 0 Å². The number of carbonyl (C=O) groups excluding carboxylic acids is 1. The van der Waals surface area contributed by atoms with Crippen LogP contribution in [0, 0.1) is 0 Å². The van der Waals surface area contributed by atoms with Crippen LogP contribution in [0.2, 0.25) is 0 Å². The summed E-state index contributed by atoms with van der Waals surface area (Å²) < 4.78 is 0. The van der Waals surface area contributed by atoms with E-state index in [1.807, 2.05) is 30.5 Å². The van der Waals surface area contributed by atoms with Crippen LogP contribution in [-0.2, 0) is 0 Å². The number of amides is 1. The summed E-state index contributed by atoms with van der Waals surface area (Å²) in [5.41, 5.74) is 1.79. The molecule has 1 amide bonds. The number of hydrogen-bond donors (Lipinski definition) is 1. The van der Waals surface area contributed by atoms with Crippen molar-refractivity contribution >= 4 is 16.8 Å². The zero-order chi connectivity index (χ0) is 13.9. The first kappa shape index (κ1) is 13.2. The first-order chi connectivity index (χ1) is 9.81. The number of rotatable bonds is 3. The highest BCUT2D eigenvalue weighted by Crippen LogP contribution is 2.25. The van der Waals surface area contributed by atoms with Crippen molar-refractivity contribution < 1.29 is 4.79 Å². The van der Waals surface area contributed by atoms with E-state index in [1.54, 1.807) is 0 Å². The van der Waals surface area contributed by atoms with Gasteiger partial charge >= 0.3 is 0 Å². The molecule has 1 saturated heterocycles. The van der Waals surface area contributed by atoms with Gasteiger partial charge in [0.25, 0.3) is 5.91 Å². The zero-order valence-electron chi connectivity index (χ0n) is 12.1. The molecule has 0 bridgehead atoms. The number of H-pyrrole nitrogens is 1. The van der Waals surface area contributed by atoms with Gasteiger partial charge in [-0.1, -0.05) is 25.5 Å². The maximum absolute atomic E-state index is 12.9.